The summed E-state index contributed by atoms with van der Waals surface area (Å²) in [5.74, 6) is 1.14. The first-order valence-electron chi connectivity index (χ1n) is 9.57. The summed E-state index contributed by atoms with van der Waals surface area (Å²) >= 11 is 1.41. The highest BCUT2D eigenvalue weighted by Gasteiger charge is 2.25. The number of methoxy groups -OCH3 is 1. The molecule has 0 fully saturated rings. The maximum Gasteiger partial charge on any atom is 0.264 e. The van der Waals surface area contributed by atoms with Gasteiger partial charge in [-0.1, -0.05) is 23.9 Å². The van der Waals surface area contributed by atoms with Crippen LogP contribution in [-0.2, 0) is 4.79 Å². The van der Waals surface area contributed by atoms with Crippen LogP contribution in [0.1, 0.15) is 22.8 Å². The van der Waals surface area contributed by atoms with Crippen LogP contribution in [-0.4, -0.2) is 42.7 Å². The van der Waals surface area contributed by atoms with Gasteiger partial charge in [0.25, 0.3) is 5.91 Å². The fraction of sp³-hybridized carbons (Fsp3) is 0.261. The number of para-hydroxylation sites is 1. The fourth-order valence-corrected chi connectivity index (χ4v) is 4.48. The van der Waals surface area contributed by atoms with Gasteiger partial charge in [-0.15, -0.1) is 0 Å². The Kier molecular flexibility index (Phi) is 5.39. The molecule has 2 aromatic carbocycles. The molecule has 0 N–H and O–H groups in total. The number of hydrogen-bond acceptors (Lipinski definition) is 6. The molecule has 0 radical (unpaired) electrons. The summed E-state index contributed by atoms with van der Waals surface area (Å²) in [6.07, 6.45) is 0. The molecule has 1 amide bonds. The zero-order valence-corrected chi connectivity index (χ0v) is 18.1. The van der Waals surface area contributed by atoms with E-state index in [1.54, 1.807) is 32.4 Å². The summed E-state index contributed by atoms with van der Waals surface area (Å²) in [5.41, 5.74) is 3.01. The number of thioether (sulfide) groups is 1. The number of pyridine rings is 1. The molecule has 1 atom stereocenters. The zero-order valence-electron chi connectivity index (χ0n) is 17.3. The monoisotopic (exact) mass is 422 g/mol. The zero-order chi connectivity index (χ0) is 21.4. The molecule has 30 heavy (non-hydrogen) atoms. The average Bonchev–Trinajstić information content (AvgIpc) is 2.75. The molecule has 1 aromatic heterocycles. The minimum absolute atomic E-state index is 0.0134. The van der Waals surface area contributed by atoms with Gasteiger partial charge in [0.15, 0.2) is 12.4 Å². The fourth-order valence-electron chi connectivity index (χ4n) is 3.48. The second-order valence-corrected chi connectivity index (χ2v) is 8.54. The van der Waals surface area contributed by atoms with Gasteiger partial charge in [-0.3, -0.25) is 9.59 Å². The molecule has 3 aromatic rings. The number of likely N-dealkylation sites (N-methyl/N-ethyl adjacent to an activating group) is 1. The van der Waals surface area contributed by atoms with Gasteiger partial charge in [-0.2, -0.15) is 0 Å². The Bertz CT molecular complexity index is 1160. The number of anilines is 1. The molecule has 1 unspecified atom stereocenters. The van der Waals surface area contributed by atoms with Crippen LogP contribution in [0.5, 0.6) is 11.5 Å². The maximum absolute atomic E-state index is 13.1. The Hall–Kier alpha value is -3.06. The van der Waals surface area contributed by atoms with Gasteiger partial charge in [-0.25, -0.2) is 4.98 Å². The second-order valence-electron chi connectivity index (χ2n) is 7.18. The number of nitrogens with zero attached hydrogens (tertiary/aromatic N) is 2. The van der Waals surface area contributed by atoms with Crippen molar-refractivity contribution in [2.75, 3.05) is 25.7 Å². The number of Topliss-reactive ketones (excluding diaryl/α,β-unsaturated/α-hetero) is 1. The number of benzene rings is 2. The average molecular weight is 423 g/mol. The Balaban J connectivity index is 1.61. The molecule has 154 valence electrons. The smallest absolute Gasteiger partial charge is 0.264 e. The van der Waals surface area contributed by atoms with Gasteiger partial charge in [0, 0.05) is 18.0 Å². The van der Waals surface area contributed by atoms with E-state index in [4.69, 9.17) is 14.5 Å². The van der Waals surface area contributed by atoms with Crippen molar-refractivity contribution >= 4 is 40.0 Å². The molecular formula is C23H22N2O4S. The molecular weight excluding hydrogens is 400 g/mol. The van der Waals surface area contributed by atoms with Crippen molar-refractivity contribution in [3.8, 4) is 11.5 Å². The number of hydrogen-bond donors (Lipinski definition) is 0. The summed E-state index contributed by atoms with van der Waals surface area (Å²) in [7, 11) is 3.31. The number of carbonyl (C=O) groups excluding carboxylic acids is 2. The van der Waals surface area contributed by atoms with Crippen LogP contribution in [0.4, 0.5) is 5.69 Å². The number of rotatable bonds is 5. The Morgan fingerprint density at radius 1 is 1.27 bits per heavy atom. The van der Waals surface area contributed by atoms with Gasteiger partial charge < -0.3 is 14.4 Å². The minimum Gasteiger partial charge on any atom is -0.494 e. The molecule has 1 aliphatic rings. The van der Waals surface area contributed by atoms with Crippen LogP contribution >= 0.6 is 11.8 Å². The lowest BCUT2D eigenvalue weighted by atomic mass is 10.1. The predicted molar refractivity (Wildman–Crippen MR) is 118 cm³/mol. The van der Waals surface area contributed by atoms with Gasteiger partial charge in [-0.05, 0) is 49.7 Å². The molecule has 0 saturated carbocycles. The normalized spacial score (nSPS) is 14.3. The van der Waals surface area contributed by atoms with Crippen LogP contribution < -0.4 is 14.4 Å². The number of carbonyl (C=O) groups is 2. The van der Waals surface area contributed by atoms with Gasteiger partial charge in [0.05, 0.1) is 23.1 Å². The van der Waals surface area contributed by atoms with Crippen LogP contribution in [0.2, 0.25) is 0 Å². The lowest BCUT2D eigenvalue weighted by Crippen LogP contribution is -2.35. The third-order valence-corrected chi connectivity index (χ3v) is 6.22. The minimum atomic E-state index is -0.354. The van der Waals surface area contributed by atoms with Gasteiger partial charge in [0.2, 0.25) is 0 Å². The molecule has 0 saturated heterocycles. The third kappa shape index (κ3) is 3.61. The summed E-state index contributed by atoms with van der Waals surface area (Å²) < 4.78 is 10.9. The van der Waals surface area contributed by atoms with E-state index < -0.39 is 0 Å². The van der Waals surface area contributed by atoms with Crippen LogP contribution in [0, 0.1) is 6.92 Å². The Morgan fingerprint density at radius 2 is 2.07 bits per heavy atom. The summed E-state index contributed by atoms with van der Waals surface area (Å²) in [5, 5.41) is 1.44. The highest BCUT2D eigenvalue weighted by atomic mass is 32.2. The van der Waals surface area contributed by atoms with Crippen molar-refractivity contribution < 1.29 is 19.1 Å². The van der Waals surface area contributed by atoms with E-state index in [0.29, 0.717) is 22.7 Å². The number of ether oxygens (including phenoxy) is 2. The number of ketones is 1. The molecule has 1 aliphatic heterocycles. The first kappa shape index (κ1) is 20.2. The highest BCUT2D eigenvalue weighted by Crippen LogP contribution is 2.35. The number of fused-ring (bicyclic) bond motifs is 2. The maximum atomic E-state index is 13.1. The van der Waals surface area contributed by atoms with E-state index in [-0.39, 0.29) is 23.5 Å². The molecule has 2 heterocycles. The van der Waals surface area contributed by atoms with Crippen molar-refractivity contribution in [2.24, 2.45) is 0 Å². The standard InChI is InChI=1S/C23H22N2O4S/c1-13-10-20(24-22-16(13)6-5-7-19(22)28-4)30-14(2)23(27)15-8-9-18-17(11-15)25(3)21(26)12-29-18/h5-11,14H,12H2,1-4H3. The van der Waals surface area contributed by atoms with E-state index in [1.165, 1.54) is 16.7 Å². The topological polar surface area (TPSA) is 68.7 Å². The lowest BCUT2D eigenvalue weighted by Gasteiger charge is -2.26. The first-order chi connectivity index (χ1) is 14.4. The van der Waals surface area contributed by atoms with Crippen molar-refractivity contribution in [2.45, 2.75) is 24.1 Å². The first-order valence-corrected chi connectivity index (χ1v) is 10.5. The molecule has 6 nitrogen and oxygen atoms in total. The van der Waals surface area contributed by atoms with Crippen molar-refractivity contribution in [1.29, 1.82) is 0 Å². The SMILES string of the molecule is COc1cccc2c(C)cc(SC(C)C(=O)c3ccc4c(c3)N(C)C(=O)CO4)nc12. The van der Waals surface area contributed by atoms with Crippen molar-refractivity contribution in [1.82, 2.24) is 4.98 Å². The quantitative estimate of drug-likeness (QED) is 0.452. The van der Waals surface area contributed by atoms with E-state index in [1.807, 2.05) is 38.1 Å². The van der Waals surface area contributed by atoms with Crippen LogP contribution in [0.3, 0.4) is 0 Å². The van der Waals surface area contributed by atoms with Crippen molar-refractivity contribution in [3.63, 3.8) is 0 Å². The molecule has 0 spiro atoms. The number of aromatic nitrogens is 1. The van der Waals surface area contributed by atoms with E-state index in [0.717, 1.165) is 21.5 Å². The molecule has 7 heteroatoms. The van der Waals surface area contributed by atoms with E-state index in [2.05, 4.69) is 0 Å². The lowest BCUT2D eigenvalue weighted by molar-refractivity contribution is -0.120. The molecule has 0 aliphatic carbocycles. The molecule has 0 bridgehead atoms. The van der Waals surface area contributed by atoms with E-state index in [9.17, 15) is 9.59 Å². The number of amides is 1. The summed E-state index contributed by atoms with van der Waals surface area (Å²) in [4.78, 5) is 31.2. The Labute approximate surface area is 179 Å². The predicted octanol–water partition coefficient (Wildman–Crippen LogP) is 4.27. The van der Waals surface area contributed by atoms with Crippen molar-refractivity contribution in [3.05, 3.63) is 53.6 Å². The van der Waals surface area contributed by atoms with Gasteiger partial charge in [0.1, 0.15) is 17.0 Å². The number of aryl methyl sites for hydroxylation is 1. The Morgan fingerprint density at radius 3 is 2.83 bits per heavy atom. The van der Waals surface area contributed by atoms with Gasteiger partial charge >= 0.3 is 0 Å². The molecule has 4 rings (SSSR count). The summed E-state index contributed by atoms with van der Waals surface area (Å²) in [6.45, 7) is 3.90. The largest absolute Gasteiger partial charge is 0.494 e. The van der Waals surface area contributed by atoms with Crippen LogP contribution in [0.15, 0.2) is 47.5 Å². The van der Waals surface area contributed by atoms with Crippen LogP contribution in [0.25, 0.3) is 10.9 Å². The third-order valence-electron chi connectivity index (χ3n) is 5.20. The highest BCUT2D eigenvalue weighted by molar-refractivity contribution is 8.00. The van der Waals surface area contributed by atoms with E-state index >= 15 is 0 Å². The summed E-state index contributed by atoms with van der Waals surface area (Å²) in [6, 6.07) is 13.0. The second kappa shape index (κ2) is 7.99.